The molecule has 1 heterocycles. The van der Waals surface area contributed by atoms with Crippen LogP contribution in [-0.2, 0) is 4.79 Å². The second kappa shape index (κ2) is 5.80. The van der Waals surface area contributed by atoms with Crippen LogP contribution in [0.4, 0.5) is 0 Å². The van der Waals surface area contributed by atoms with E-state index in [2.05, 4.69) is 10.2 Å². The molecule has 2 unspecified atom stereocenters. The molecule has 0 bridgehead atoms. The van der Waals surface area contributed by atoms with Crippen molar-refractivity contribution in [3.8, 4) is 0 Å². The Kier molecular flexibility index (Phi) is 4.08. The van der Waals surface area contributed by atoms with Gasteiger partial charge in [0.2, 0.25) is 5.91 Å². The van der Waals surface area contributed by atoms with Crippen LogP contribution in [0.3, 0.4) is 0 Å². The molecule has 0 aromatic carbocycles. The topological polar surface area (TPSA) is 58.4 Å². The summed E-state index contributed by atoms with van der Waals surface area (Å²) < 4.78 is 0. The van der Waals surface area contributed by atoms with E-state index < -0.39 is 0 Å². The van der Waals surface area contributed by atoms with Crippen LogP contribution in [0.5, 0.6) is 0 Å². The molecule has 3 rings (SSSR count). The summed E-state index contributed by atoms with van der Waals surface area (Å²) in [5.74, 6) is 0.695. The summed E-state index contributed by atoms with van der Waals surface area (Å²) in [6.07, 6.45) is 10.6. The van der Waals surface area contributed by atoms with Gasteiger partial charge in [0.25, 0.3) is 0 Å². The number of primary amides is 1. The number of amides is 1. The smallest absolute Gasteiger partial charge is 0.235 e. The summed E-state index contributed by atoms with van der Waals surface area (Å²) in [6, 6.07) is 1.12. The Morgan fingerprint density at radius 2 is 1.89 bits per heavy atom. The Morgan fingerprint density at radius 1 is 1.16 bits per heavy atom. The maximum Gasteiger partial charge on any atom is 0.235 e. The molecule has 1 aliphatic heterocycles. The molecule has 2 aliphatic carbocycles. The number of carbonyl (C=O) groups excluding carboxylic acids is 1. The summed E-state index contributed by atoms with van der Waals surface area (Å²) in [5, 5.41) is 3.41. The normalized spacial score (nSPS) is 30.8. The molecular weight excluding hydrogens is 238 g/mol. The number of hydrogen-bond acceptors (Lipinski definition) is 3. The molecule has 0 radical (unpaired) electrons. The van der Waals surface area contributed by atoms with Crippen molar-refractivity contribution < 1.29 is 4.79 Å². The summed E-state index contributed by atoms with van der Waals surface area (Å²) >= 11 is 0. The first-order chi connectivity index (χ1) is 9.24. The highest BCUT2D eigenvalue weighted by Gasteiger charge is 2.36. The molecule has 4 heteroatoms. The maximum atomic E-state index is 11.6. The van der Waals surface area contributed by atoms with Crippen molar-refractivity contribution in [2.24, 2.45) is 11.7 Å². The lowest BCUT2D eigenvalue weighted by Crippen LogP contribution is -2.51. The Balaban J connectivity index is 1.57. The molecule has 4 nitrogen and oxygen atoms in total. The molecule has 0 spiro atoms. The van der Waals surface area contributed by atoms with Crippen LogP contribution in [0.1, 0.15) is 51.4 Å². The third-order valence-electron chi connectivity index (χ3n) is 5.13. The lowest BCUT2D eigenvalue weighted by Gasteiger charge is -2.31. The average Bonchev–Trinajstić information content (AvgIpc) is 2.89. The van der Waals surface area contributed by atoms with Gasteiger partial charge >= 0.3 is 0 Å². The number of rotatable bonds is 6. The Hall–Kier alpha value is -0.610. The predicted molar refractivity (Wildman–Crippen MR) is 75.7 cm³/mol. The zero-order valence-corrected chi connectivity index (χ0v) is 11.8. The second-order valence-corrected chi connectivity index (χ2v) is 6.64. The third kappa shape index (κ3) is 3.29. The molecule has 2 saturated carbocycles. The van der Waals surface area contributed by atoms with Gasteiger partial charge in [-0.3, -0.25) is 9.69 Å². The maximum absolute atomic E-state index is 11.6. The zero-order valence-electron chi connectivity index (χ0n) is 11.8. The molecule has 108 valence electrons. The minimum atomic E-state index is -0.177. The Morgan fingerprint density at radius 3 is 2.53 bits per heavy atom. The van der Waals surface area contributed by atoms with E-state index in [9.17, 15) is 4.79 Å². The molecule has 3 fully saturated rings. The van der Waals surface area contributed by atoms with Crippen molar-refractivity contribution in [2.45, 2.75) is 69.5 Å². The molecule has 0 aromatic heterocycles. The van der Waals surface area contributed by atoms with Crippen molar-refractivity contribution in [3.05, 3.63) is 0 Å². The van der Waals surface area contributed by atoms with Gasteiger partial charge in [0.05, 0.1) is 6.04 Å². The van der Waals surface area contributed by atoms with Gasteiger partial charge in [-0.1, -0.05) is 12.8 Å². The van der Waals surface area contributed by atoms with Crippen LogP contribution in [0.25, 0.3) is 0 Å². The zero-order chi connectivity index (χ0) is 13.2. The van der Waals surface area contributed by atoms with E-state index in [-0.39, 0.29) is 11.9 Å². The highest BCUT2D eigenvalue weighted by atomic mass is 16.1. The van der Waals surface area contributed by atoms with Gasteiger partial charge in [-0.2, -0.15) is 0 Å². The van der Waals surface area contributed by atoms with Gasteiger partial charge in [0.1, 0.15) is 0 Å². The van der Waals surface area contributed by atoms with Crippen LogP contribution in [0.2, 0.25) is 0 Å². The largest absolute Gasteiger partial charge is 0.368 e. The fourth-order valence-corrected chi connectivity index (χ4v) is 3.95. The highest BCUT2D eigenvalue weighted by Crippen LogP contribution is 2.35. The summed E-state index contributed by atoms with van der Waals surface area (Å²) in [7, 11) is 0. The number of hydrogen-bond donors (Lipinski definition) is 2. The Labute approximate surface area is 116 Å². The van der Waals surface area contributed by atoms with E-state index >= 15 is 0 Å². The quantitative estimate of drug-likeness (QED) is 0.760. The number of nitrogens with zero attached hydrogens (tertiary/aromatic N) is 1. The number of likely N-dealkylation sites (tertiary alicyclic amines) is 1. The van der Waals surface area contributed by atoms with Crippen LogP contribution in [0, 0.1) is 5.92 Å². The minimum absolute atomic E-state index is 0.144. The van der Waals surface area contributed by atoms with E-state index in [0.717, 1.165) is 19.0 Å². The van der Waals surface area contributed by atoms with Crippen LogP contribution >= 0.6 is 0 Å². The molecule has 2 atom stereocenters. The van der Waals surface area contributed by atoms with E-state index in [1.54, 1.807) is 0 Å². The summed E-state index contributed by atoms with van der Waals surface area (Å²) in [6.45, 7) is 1.98. The van der Waals surface area contributed by atoms with Crippen LogP contribution < -0.4 is 11.1 Å². The molecule has 1 saturated heterocycles. The molecule has 3 aliphatic rings. The molecule has 3 N–H and O–H groups in total. The van der Waals surface area contributed by atoms with Gasteiger partial charge in [0.15, 0.2) is 0 Å². The van der Waals surface area contributed by atoms with Gasteiger partial charge in [-0.15, -0.1) is 0 Å². The molecule has 1 amide bonds. The van der Waals surface area contributed by atoms with E-state index in [4.69, 9.17) is 5.73 Å². The van der Waals surface area contributed by atoms with Gasteiger partial charge in [-0.25, -0.2) is 0 Å². The fraction of sp³-hybridized carbons (Fsp3) is 0.933. The first kappa shape index (κ1) is 13.4. The Bertz CT molecular complexity index is 323. The molecular formula is C15H27N3O. The lowest BCUT2D eigenvalue weighted by molar-refractivity contribution is -0.120. The second-order valence-electron chi connectivity index (χ2n) is 6.64. The standard InChI is InChI=1S/C15H27N3O/c16-15(19)13(17-12-7-8-12)10-18-9-3-6-14(18)11-4-1-2-5-11/h11-14,17H,1-10H2,(H2,16,19). The van der Waals surface area contributed by atoms with E-state index in [1.807, 2.05) is 0 Å². The number of carbonyl (C=O) groups is 1. The van der Waals surface area contributed by atoms with Gasteiger partial charge in [-0.05, 0) is 51.0 Å². The molecule has 19 heavy (non-hydrogen) atoms. The van der Waals surface area contributed by atoms with Crippen molar-refractivity contribution in [3.63, 3.8) is 0 Å². The fourth-order valence-electron chi connectivity index (χ4n) is 3.95. The first-order valence-corrected chi connectivity index (χ1v) is 8.03. The highest BCUT2D eigenvalue weighted by molar-refractivity contribution is 5.80. The van der Waals surface area contributed by atoms with Crippen molar-refractivity contribution in [1.29, 1.82) is 0 Å². The predicted octanol–water partition coefficient (Wildman–Crippen LogP) is 1.25. The van der Waals surface area contributed by atoms with E-state index in [0.29, 0.717) is 12.1 Å². The third-order valence-corrected chi connectivity index (χ3v) is 5.13. The summed E-state index contributed by atoms with van der Waals surface area (Å²) in [4.78, 5) is 14.2. The first-order valence-electron chi connectivity index (χ1n) is 8.03. The van der Waals surface area contributed by atoms with Crippen LogP contribution in [-0.4, -0.2) is 42.0 Å². The van der Waals surface area contributed by atoms with Gasteiger partial charge < -0.3 is 11.1 Å². The monoisotopic (exact) mass is 265 g/mol. The minimum Gasteiger partial charge on any atom is -0.368 e. The average molecular weight is 265 g/mol. The van der Waals surface area contributed by atoms with Gasteiger partial charge in [0, 0.05) is 18.6 Å². The summed E-state index contributed by atoms with van der Waals surface area (Å²) in [5.41, 5.74) is 5.56. The number of nitrogens with one attached hydrogen (secondary N) is 1. The van der Waals surface area contributed by atoms with Crippen molar-refractivity contribution >= 4 is 5.91 Å². The van der Waals surface area contributed by atoms with Crippen LogP contribution in [0.15, 0.2) is 0 Å². The SMILES string of the molecule is NC(=O)C(CN1CCCC1C1CCCC1)NC1CC1. The molecule has 0 aromatic rings. The lowest BCUT2D eigenvalue weighted by atomic mass is 9.96. The van der Waals surface area contributed by atoms with E-state index in [1.165, 1.54) is 51.4 Å². The number of nitrogens with two attached hydrogens (primary N) is 1. The van der Waals surface area contributed by atoms with Crippen molar-refractivity contribution in [1.82, 2.24) is 10.2 Å². The van der Waals surface area contributed by atoms with Crippen molar-refractivity contribution in [2.75, 3.05) is 13.1 Å².